The number of halogens is 2. The van der Waals surface area contributed by atoms with Gasteiger partial charge in [-0.3, -0.25) is 10.1 Å². The lowest BCUT2D eigenvalue weighted by Crippen LogP contribution is -2.36. The van der Waals surface area contributed by atoms with Gasteiger partial charge < -0.3 is 14.2 Å². The fourth-order valence-corrected chi connectivity index (χ4v) is 1.83. The molecule has 0 aromatic heterocycles. The Balaban J connectivity index is 2.45. The topological polar surface area (TPSA) is 90.9 Å². The monoisotopic (exact) mass is 363 g/mol. The molecule has 0 bridgehead atoms. The Morgan fingerprint density at radius 3 is 2.52 bits per heavy atom. The summed E-state index contributed by atoms with van der Waals surface area (Å²) in [5, 5.41) is 2.54. The lowest BCUT2D eigenvalue weighted by molar-refractivity contribution is -0.154. The quantitative estimate of drug-likeness (QED) is 0.781. The van der Waals surface area contributed by atoms with E-state index < -0.39 is 30.7 Å². The third-order valence-corrected chi connectivity index (χ3v) is 2.92. The van der Waals surface area contributed by atoms with Gasteiger partial charge in [0.15, 0.2) is 12.7 Å². The number of hydrogen-bond acceptors (Lipinski definition) is 6. The van der Waals surface area contributed by atoms with Crippen LogP contribution in [0, 0.1) is 0 Å². The maximum Gasteiger partial charge on any atom is 0.413 e. The number of nitrogens with one attached hydrogen (secondary N) is 1. The first-order chi connectivity index (χ1) is 10.8. The van der Waals surface area contributed by atoms with Crippen LogP contribution in [-0.4, -0.2) is 37.3 Å². The number of carbonyl (C=O) groups is 3. The number of imide groups is 1. The van der Waals surface area contributed by atoms with Gasteiger partial charge >= 0.3 is 12.1 Å². The second kappa shape index (κ2) is 9.22. The van der Waals surface area contributed by atoms with Crippen molar-refractivity contribution >= 4 is 41.2 Å². The molecule has 1 atom stereocenters. The van der Waals surface area contributed by atoms with Gasteiger partial charge in [0.25, 0.3) is 5.91 Å². The minimum atomic E-state index is -1.01. The van der Waals surface area contributed by atoms with E-state index in [-0.39, 0.29) is 17.4 Å². The highest BCUT2D eigenvalue weighted by Crippen LogP contribution is 2.28. The highest BCUT2D eigenvalue weighted by atomic mass is 35.5. The summed E-state index contributed by atoms with van der Waals surface area (Å²) in [4.78, 5) is 34.1. The molecule has 0 saturated carbocycles. The van der Waals surface area contributed by atoms with Gasteiger partial charge in [0.2, 0.25) is 0 Å². The molecule has 0 aliphatic carbocycles. The highest BCUT2D eigenvalue weighted by Gasteiger charge is 2.19. The van der Waals surface area contributed by atoms with E-state index in [0.29, 0.717) is 5.02 Å². The van der Waals surface area contributed by atoms with E-state index >= 15 is 0 Å². The van der Waals surface area contributed by atoms with Crippen LogP contribution in [0.4, 0.5) is 4.79 Å². The molecule has 1 aromatic carbocycles. The van der Waals surface area contributed by atoms with Crippen molar-refractivity contribution in [1.29, 1.82) is 0 Å². The zero-order valence-corrected chi connectivity index (χ0v) is 13.9. The molecule has 23 heavy (non-hydrogen) atoms. The molecule has 0 aliphatic rings. The number of esters is 1. The van der Waals surface area contributed by atoms with Gasteiger partial charge in [-0.15, -0.1) is 0 Å². The molecule has 1 N–H and O–H groups in total. The van der Waals surface area contributed by atoms with Crippen LogP contribution in [0.15, 0.2) is 18.2 Å². The zero-order chi connectivity index (χ0) is 17.4. The predicted molar refractivity (Wildman–Crippen MR) is 82.7 cm³/mol. The Bertz CT molecular complexity index is 593. The van der Waals surface area contributed by atoms with E-state index in [1.54, 1.807) is 13.0 Å². The molecule has 0 fully saturated rings. The molecule has 7 nitrogen and oxygen atoms in total. The predicted octanol–water partition coefficient (Wildman–Crippen LogP) is 2.58. The molecule has 0 aliphatic heterocycles. The van der Waals surface area contributed by atoms with Crippen LogP contribution in [0.1, 0.15) is 13.8 Å². The van der Waals surface area contributed by atoms with Crippen molar-refractivity contribution in [1.82, 2.24) is 5.32 Å². The second-order valence-corrected chi connectivity index (χ2v) is 5.05. The molecule has 9 heteroatoms. The number of rotatable bonds is 6. The van der Waals surface area contributed by atoms with Crippen LogP contribution in [0.25, 0.3) is 0 Å². The summed E-state index contributed by atoms with van der Waals surface area (Å²) < 4.78 is 14.6. The van der Waals surface area contributed by atoms with Gasteiger partial charge in [-0.1, -0.05) is 23.2 Å². The minimum absolute atomic E-state index is 0.117. The molecule has 0 heterocycles. The lowest BCUT2D eigenvalue weighted by Gasteiger charge is -2.14. The standard InChI is InChI=1S/C14H15Cl2NO6/c1-3-21-14(20)17-12(18)7-22-13(19)8(2)23-11-5-4-9(15)6-10(11)16/h4-6,8H,3,7H2,1-2H3,(H,17,18,20)/t8-/m1/s1. The van der Waals surface area contributed by atoms with Crippen LogP contribution in [0.3, 0.4) is 0 Å². The van der Waals surface area contributed by atoms with Crippen LogP contribution in [0.5, 0.6) is 5.75 Å². The Labute approximate surface area is 142 Å². The SMILES string of the molecule is CCOC(=O)NC(=O)COC(=O)[C@@H](C)Oc1ccc(Cl)cc1Cl. The van der Waals surface area contributed by atoms with E-state index in [1.165, 1.54) is 19.1 Å². The van der Waals surface area contributed by atoms with Crippen molar-refractivity contribution in [2.45, 2.75) is 20.0 Å². The molecule has 0 saturated heterocycles. The summed E-state index contributed by atoms with van der Waals surface area (Å²) in [6, 6.07) is 4.51. The molecule has 1 aromatic rings. The molecule has 126 valence electrons. The second-order valence-electron chi connectivity index (χ2n) is 4.21. The Hall–Kier alpha value is -1.99. The van der Waals surface area contributed by atoms with Crippen molar-refractivity contribution < 1.29 is 28.6 Å². The number of ether oxygens (including phenoxy) is 3. The van der Waals surface area contributed by atoms with E-state index in [1.807, 2.05) is 5.32 Å². The van der Waals surface area contributed by atoms with Crippen molar-refractivity contribution in [2.24, 2.45) is 0 Å². The Kier molecular flexibility index (Phi) is 7.64. The number of benzene rings is 1. The van der Waals surface area contributed by atoms with E-state index in [4.69, 9.17) is 32.7 Å². The van der Waals surface area contributed by atoms with Crippen molar-refractivity contribution in [3.05, 3.63) is 28.2 Å². The van der Waals surface area contributed by atoms with Crippen LogP contribution < -0.4 is 10.1 Å². The first-order valence-electron chi connectivity index (χ1n) is 6.58. The summed E-state index contributed by atoms with van der Waals surface area (Å²) >= 11 is 11.7. The van der Waals surface area contributed by atoms with E-state index in [9.17, 15) is 14.4 Å². The fourth-order valence-electron chi connectivity index (χ4n) is 1.38. The molecule has 1 rings (SSSR count). The third kappa shape index (κ3) is 6.75. The molecular formula is C14H15Cl2NO6. The van der Waals surface area contributed by atoms with Gasteiger partial charge in [-0.2, -0.15) is 0 Å². The van der Waals surface area contributed by atoms with E-state index in [0.717, 1.165) is 0 Å². The van der Waals surface area contributed by atoms with Gasteiger partial charge in [-0.25, -0.2) is 9.59 Å². The molecule has 2 amide bonds. The molecular weight excluding hydrogens is 349 g/mol. The first-order valence-corrected chi connectivity index (χ1v) is 7.34. The average molecular weight is 364 g/mol. The lowest BCUT2D eigenvalue weighted by atomic mass is 10.3. The Morgan fingerprint density at radius 1 is 1.22 bits per heavy atom. The maximum atomic E-state index is 11.7. The number of alkyl carbamates (subject to hydrolysis) is 1. The summed E-state index contributed by atoms with van der Waals surface area (Å²) in [6.45, 7) is 2.49. The van der Waals surface area contributed by atoms with Crippen molar-refractivity contribution in [3.63, 3.8) is 0 Å². The highest BCUT2D eigenvalue weighted by molar-refractivity contribution is 6.35. The summed E-state index contributed by atoms with van der Waals surface area (Å²) in [7, 11) is 0. The molecule has 0 radical (unpaired) electrons. The average Bonchev–Trinajstić information content (AvgIpc) is 2.47. The Morgan fingerprint density at radius 2 is 1.91 bits per heavy atom. The van der Waals surface area contributed by atoms with Gasteiger partial charge in [0.1, 0.15) is 5.75 Å². The van der Waals surface area contributed by atoms with Gasteiger partial charge in [-0.05, 0) is 32.0 Å². The maximum absolute atomic E-state index is 11.7. The number of carbonyl (C=O) groups excluding carboxylic acids is 3. The smallest absolute Gasteiger partial charge is 0.413 e. The molecule has 0 spiro atoms. The van der Waals surface area contributed by atoms with E-state index in [2.05, 4.69) is 4.74 Å². The zero-order valence-electron chi connectivity index (χ0n) is 12.4. The van der Waals surface area contributed by atoms with Gasteiger partial charge in [0.05, 0.1) is 11.6 Å². The van der Waals surface area contributed by atoms with Crippen LogP contribution >= 0.6 is 23.2 Å². The fraction of sp³-hybridized carbons (Fsp3) is 0.357. The number of hydrogen-bond donors (Lipinski definition) is 1. The third-order valence-electron chi connectivity index (χ3n) is 2.39. The summed E-state index contributed by atoms with van der Waals surface area (Å²) in [5.74, 6) is -1.36. The van der Waals surface area contributed by atoms with Crippen molar-refractivity contribution in [3.8, 4) is 5.75 Å². The summed E-state index contributed by atoms with van der Waals surface area (Å²) in [6.07, 6.45) is -1.92. The minimum Gasteiger partial charge on any atom is -0.477 e. The van der Waals surface area contributed by atoms with Crippen LogP contribution in [0.2, 0.25) is 10.0 Å². The number of amides is 2. The summed E-state index contributed by atoms with van der Waals surface area (Å²) in [5.41, 5.74) is 0. The largest absolute Gasteiger partial charge is 0.477 e. The normalized spacial score (nSPS) is 11.3. The molecule has 0 unspecified atom stereocenters. The van der Waals surface area contributed by atoms with Crippen LogP contribution in [-0.2, 0) is 19.1 Å². The first kappa shape index (κ1) is 19.1. The van der Waals surface area contributed by atoms with Gasteiger partial charge in [0, 0.05) is 5.02 Å². The van der Waals surface area contributed by atoms with Crippen molar-refractivity contribution in [2.75, 3.05) is 13.2 Å².